The second-order valence-corrected chi connectivity index (χ2v) is 4.38. The van der Waals surface area contributed by atoms with E-state index in [2.05, 4.69) is 19.6 Å². The Morgan fingerprint density at radius 3 is 2.40 bits per heavy atom. The van der Waals surface area contributed by atoms with E-state index in [1.54, 1.807) is 0 Å². The summed E-state index contributed by atoms with van der Waals surface area (Å²) in [5, 5.41) is 0. The first-order chi connectivity index (χ1) is 7.22. The molecule has 3 heteroatoms. The van der Waals surface area contributed by atoms with E-state index >= 15 is 0 Å². The van der Waals surface area contributed by atoms with Crippen molar-refractivity contribution in [2.24, 2.45) is 5.92 Å². The molecular weight excluding hydrogens is 208 g/mol. The number of unbranched alkanes of at least 4 members (excludes halogenated alkanes) is 5. The standard InChI is InChI=1S/C12H24O2S/c1-3-4-5-6-7-8-9-14-12(13)11(2)10-15/h11,15H,3-10H2,1-2H3. The molecule has 0 N–H and O–H groups in total. The first kappa shape index (κ1) is 14.8. The number of ether oxygens (including phenoxy) is 1. The van der Waals surface area contributed by atoms with Crippen molar-refractivity contribution >= 4 is 18.6 Å². The van der Waals surface area contributed by atoms with E-state index < -0.39 is 0 Å². The second-order valence-electron chi connectivity index (χ2n) is 4.02. The van der Waals surface area contributed by atoms with Gasteiger partial charge in [0.25, 0.3) is 0 Å². The molecule has 0 aromatic carbocycles. The van der Waals surface area contributed by atoms with Gasteiger partial charge in [-0.3, -0.25) is 4.79 Å². The van der Waals surface area contributed by atoms with Crippen LogP contribution in [0.2, 0.25) is 0 Å². The van der Waals surface area contributed by atoms with Gasteiger partial charge in [-0.1, -0.05) is 46.0 Å². The number of thiol groups is 1. The van der Waals surface area contributed by atoms with Crippen molar-refractivity contribution in [1.82, 2.24) is 0 Å². The molecule has 0 aromatic rings. The number of rotatable bonds is 9. The minimum atomic E-state index is -0.112. The van der Waals surface area contributed by atoms with Gasteiger partial charge in [0.1, 0.15) is 0 Å². The highest BCUT2D eigenvalue weighted by Crippen LogP contribution is 2.06. The lowest BCUT2D eigenvalue weighted by Crippen LogP contribution is -2.16. The molecule has 0 aliphatic rings. The number of hydrogen-bond donors (Lipinski definition) is 1. The molecule has 15 heavy (non-hydrogen) atoms. The average Bonchev–Trinajstić information content (AvgIpc) is 2.26. The van der Waals surface area contributed by atoms with Crippen molar-refractivity contribution in [2.75, 3.05) is 12.4 Å². The molecule has 2 nitrogen and oxygen atoms in total. The highest BCUT2D eigenvalue weighted by atomic mass is 32.1. The third-order valence-corrected chi connectivity index (χ3v) is 2.97. The quantitative estimate of drug-likeness (QED) is 0.374. The molecule has 0 bridgehead atoms. The SMILES string of the molecule is CCCCCCCCOC(=O)C(C)CS. The van der Waals surface area contributed by atoms with E-state index in [9.17, 15) is 4.79 Å². The molecule has 0 aliphatic heterocycles. The van der Waals surface area contributed by atoms with Crippen LogP contribution in [-0.4, -0.2) is 18.3 Å². The van der Waals surface area contributed by atoms with Gasteiger partial charge in [0.05, 0.1) is 12.5 Å². The Bertz CT molecular complexity index is 160. The minimum absolute atomic E-state index is 0.0755. The Hall–Kier alpha value is -0.180. The summed E-state index contributed by atoms with van der Waals surface area (Å²) in [4.78, 5) is 11.2. The van der Waals surface area contributed by atoms with E-state index in [4.69, 9.17) is 4.74 Å². The molecule has 1 unspecified atom stereocenters. The number of hydrogen-bond acceptors (Lipinski definition) is 3. The van der Waals surface area contributed by atoms with E-state index in [1.165, 1.54) is 32.1 Å². The summed E-state index contributed by atoms with van der Waals surface area (Å²) in [6.45, 7) is 4.63. The van der Waals surface area contributed by atoms with Crippen LogP contribution in [0.3, 0.4) is 0 Å². The summed E-state index contributed by atoms with van der Waals surface area (Å²) >= 11 is 4.06. The summed E-state index contributed by atoms with van der Waals surface area (Å²) < 4.78 is 5.11. The van der Waals surface area contributed by atoms with Gasteiger partial charge in [-0.15, -0.1) is 0 Å². The normalized spacial score (nSPS) is 12.5. The van der Waals surface area contributed by atoms with Crippen LogP contribution >= 0.6 is 12.6 Å². The van der Waals surface area contributed by atoms with Crippen molar-refractivity contribution in [3.05, 3.63) is 0 Å². The Morgan fingerprint density at radius 1 is 1.20 bits per heavy atom. The second kappa shape index (κ2) is 10.3. The molecule has 0 rings (SSSR count). The molecule has 0 spiro atoms. The smallest absolute Gasteiger partial charge is 0.309 e. The number of esters is 1. The van der Waals surface area contributed by atoms with Crippen LogP contribution < -0.4 is 0 Å². The van der Waals surface area contributed by atoms with Crippen molar-refractivity contribution in [3.8, 4) is 0 Å². The van der Waals surface area contributed by atoms with Gasteiger partial charge in [0, 0.05) is 5.75 Å². The van der Waals surface area contributed by atoms with Gasteiger partial charge in [0.2, 0.25) is 0 Å². The predicted octanol–water partition coefficient (Wildman–Crippen LogP) is 3.46. The third-order valence-electron chi connectivity index (χ3n) is 2.42. The van der Waals surface area contributed by atoms with Crippen molar-refractivity contribution in [2.45, 2.75) is 52.4 Å². The minimum Gasteiger partial charge on any atom is -0.465 e. The maximum Gasteiger partial charge on any atom is 0.309 e. The fraction of sp³-hybridized carbons (Fsp3) is 0.917. The predicted molar refractivity (Wildman–Crippen MR) is 67.4 cm³/mol. The summed E-state index contributed by atoms with van der Waals surface area (Å²) in [5.41, 5.74) is 0. The summed E-state index contributed by atoms with van der Waals surface area (Å²) in [6, 6.07) is 0. The van der Waals surface area contributed by atoms with Crippen LogP contribution in [0.1, 0.15) is 52.4 Å². The molecule has 0 amide bonds. The molecule has 0 aliphatic carbocycles. The molecule has 0 fully saturated rings. The fourth-order valence-electron chi connectivity index (χ4n) is 1.27. The van der Waals surface area contributed by atoms with E-state index in [0.29, 0.717) is 12.4 Å². The Kier molecular flexibility index (Phi) is 10.2. The van der Waals surface area contributed by atoms with Gasteiger partial charge in [-0.2, -0.15) is 12.6 Å². The van der Waals surface area contributed by atoms with Crippen LogP contribution in [0.4, 0.5) is 0 Å². The lowest BCUT2D eigenvalue weighted by Gasteiger charge is -2.08. The van der Waals surface area contributed by atoms with Gasteiger partial charge in [0.15, 0.2) is 0 Å². The van der Waals surface area contributed by atoms with Crippen molar-refractivity contribution < 1.29 is 9.53 Å². The lowest BCUT2D eigenvalue weighted by atomic mass is 10.1. The Morgan fingerprint density at radius 2 is 1.80 bits per heavy atom. The van der Waals surface area contributed by atoms with Crippen molar-refractivity contribution in [3.63, 3.8) is 0 Å². The fourth-order valence-corrected chi connectivity index (χ4v) is 1.42. The molecule has 1 atom stereocenters. The van der Waals surface area contributed by atoms with Gasteiger partial charge < -0.3 is 4.74 Å². The van der Waals surface area contributed by atoms with Gasteiger partial charge >= 0.3 is 5.97 Å². The Labute approximate surface area is 99.2 Å². The van der Waals surface area contributed by atoms with E-state index in [-0.39, 0.29) is 11.9 Å². The highest BCUT2D eigenvalue weighted by Gasteiger charge is 2.11. The van der Waals surface area contributed by atoms with Crippen LogP contribution in [0.15, 0.2) is 0 Å². The van der Waals surface area contributed by atoms with Crippen LogP contribution in [0.5, 0.6) is 0 Å². The summed E-state index contributed by atoms with van der Waals surface area (Å²) in [5.74, 6) is 0.377. The number of carbonyl (C=O) groups is 1. The average molecular weight is 232 g/mol. The third kappa shape index (κ3) is 8.79. The Balaban J connectivity index is 3.20. The zero-order chi connectivity index (χ0) is 11.5. The van der Waals surface area contributed by atoms with Crippen molar-refractivity contribution in [1.29, 1.82) is 0 Å². The summed E-state index contributed by atoms with van der Waals surface area (Å²) in [7, 11) is 0. The zero-order valence-electron chi connectivity index (χ0n) is 10.00. The van der Waals surface area contributed by atoms with Gasteiger partial charge in [-0.05, 0) is 6.42 Å². The highest BCUT2D eigenvalue weighted by molar-refractivity contribution is 7.80. The number of carbonyl (C=O) groups excluding carboxylic acids is 1. The molecule has 0 aromatic heterocycles. The monoisotopic (exact) mass is 232 g/mol. The first-order valence-electron chi connectivity index (χ1n) is 5.99. The van der Waals surface area contributed by atoms with E-state index in [0.717, 1.165) is 6.42 Å². The lowest BCUT2D eigenvalue weighted by molar-refractivity contribution is -0.147. The zero-order valence-corrected chi connectivity index (χ0v) is 10.9. The maximum atomic E-state index is 11.2. The van der Waals surface area contributed by atoms with Crippen LogP contribution in [-0.2, 0) is 9.53 Å². The van der Waals surface area contributed by atoms with Gasteiger partial charge in [-0.25, -0.2) is 0 Å². The topological polar surface area (TPSA) is 26.3 Å². The first-order valence-corrected chi connectivity index (χ1v) is 6.63. The largest absolute Gasteiger partial charge is 0.465 e. The molecular formula is C12H24O2S. The van der Waals surface area contributed by atoms with Crippen LogP contribution in [0, 0.1) is 5.92 Å². The molecule has 0 radical (unpaired) electrons. The summed E-state index contributed by atoms with van der Waals surface area (Å²) in [6.07, 6.45) is 7.31. The molecule has 0 saturated carbocycles. The molecule has 0 heterocycles. The maximum absolute atomic E-state index is 11.2. The molecule has 90 valence electrons. The van der Waals surface area contributed by atoms with Crippen LogP contribution in [0.25, 0.3) is 0 Å². The molecule has 0 saturated heterocycles. The van der Waals surface area contributed by atoms with E-state index in [1.807, 2.05) is 6.92 Å².